The number of halogens is 3. The molecule has 0 bridgehead atoms. The van der Waals surface area contributed by atoms with Crippen LogP contribution in [0.5, 0.6) is 11.5 Å². The van der Waals surface area contributed by atoms with E-state index in [1.54, 1.807) is 14.2 Å². The number of hydrogen-bond donors (Lipinski definition) is 0. The fourth-order valence-electron chi connectivity index (χ4n) is 4.53. The Labute approximate surface area is 163 Å². The number of hydrogen-bond acceptors (Lipinski definition) is 4. The van der Waals surface area contributed by atoms with E-state index >= 15 is 0 Å². The standard InChI is InChI=1S/C20H27F3N2O3/c1-27-16-6-3-5-15(18(16)28-2)12-24-9-4-7-19(13-24)8-10-25(14-19)17(26)11-20(21,22)23/h3,5-6H,4,7-14H2,1-2H3/t19-/m1/s1. The van der Waals surface area contributed by atoms with Gasteiger partial charge in [-0.1, -0.05) is 12.1 Å². The predicted octanol–water partition coefficient (Wildman–Crippen LogP) is 3.47. The maximum absolute atomic E-state index is 12.6. The van der Waals surface area contributed by atoms with Crippen LogP contribution in [0.3, 0.4) is 0 Å². The minimum absolute atomic E-state index is 0.119. The molecule has 1 atom stereocenters. The van der Waals surface area contributed by atoms with Crippen LogP contribution in [0.1, 0.15) is 31.2 Å². The molecule has 0 saturated carbocycles. The summed E-state index contributed by atoms with van der Waals surface area (Å²) in [6, 6.07) is 5.76. The number of carbonyl (C=O) groups excluding carboxylic acids is 1. The molecule has 28 heavy (non-hydrogen) atoms. The number of ether oxygens (including phenoxy) is 2. The Morgan fingerprint density at radius 3 is 2.61 bits per heavy atom. The molecule has 0 radical (unpaired) electrons. The van der Waals surface area contributed by atoms with E-state index in [0.29, 0.717) is 31.1 Å². The van der Waals surface area contributed by atoms with Gasteiger partial charge in [0.25, 0.3) is 0 Å². The first-order chi connectivity index (χ1) is 13.3. The van der Waals surface area contributed by atoms with E-state index < -0.39 is 18.5 Å². The van der Waals surface area contributed by atoms with Crippen molar-refractivity contribution < 1.29 is 27.4 Å². The summed E-state index contributed by atoms with van der Waals surface area (Å²) in [5, 5.41) is 0. The zero-order chi connectivity index (χ0) is 20.4. The van der Waals surface area contributed by atoms with Crippen molar-refractivity contribution in [1.82, 2.24) is 9.80 Å². The SMILES string of the molecule is COc1cccc(CN2CCC[C@@]3(CCN(C(=O)CC(F)(F)F)C3)C2)c1OC. The average Bonchev–Trinajstić information content (AvgIpc) is 3.03. The number of amides is 1. The summed E-state index contributed by atoms with van der Waals surface area (Å²) in [5.74, 6) is 0.575. The second-order valence-corrected chi connectivity index (χ2v) is 7.82. The minimum atomic E-state index is -4.45. The monoisotopic (exact) mass is 400 g/mol. The lowest BCUT2D eigenvalue weighted by molar-refractivity contribution is -0.161. The van der Waals surface area contributed by atoms with Crippen LogP contribution >= 0.6 is 0 Å². The lowest BCUT2D eigenvalue weighted by Gasteiger charge is -2.40. The van der Waals surface area contributed by atoms with Gasteiger partial charge in [0.15, 0.2) is 11.5 Å². The molecule has 156 valence electrons. The van der Waals surface area contributed by atoms with Crippen molar-refractivity contribution in [2.45, 2.75) is 38.4 Å². The predicted molar refractivity (Wildman–Crippen MR) is 98.4 cm³/mol. The lowest BCUT2D eigenvalue weighted by Crippen LogP contribution is -2.45. The number of benzene rings is 1. The second-order valence-electron chi connectivity index (χ2n) is 7.82. The first-order valence-corrected chi connectivity index (χ1v) is 9.52. The number of rotatable bonds is 5. The van der Waals surface area contributed by atoms with Gasteiger partial charge in [-0.25, -0.2) is 0 Å². The van der Waals surface area contributed by atoms with Gasteiger partial charge in [0, 0.05) is 37.2 Å². The number of piperidine rings is 1. The number of methoxy groups -OCH3 is 2. The molecule has 0 aliphatic carbocycles. The Morgan fingerprint density at radius 1 is 1.14 bits per heavy atom. The largest absolute Gasteiger partial charge is 0.493 e. The molecule has 2 saturated heterocycles. The van der Waals surface area contributed by atoms with Crippen molar-refractivity contribution in [3.63, 3.8) is 0 Å². The van der Waals surface area contributed by atoms with Gasteiger partial charge >= 0.3 is 6.18 Å². The number of likely N-dealkylation sites (tertiary alicyclic amines) is 2. The van der Waals surface area contributed by atoms with Gasteiger partial charge in [0.2, 0.25) is 5.91 Å². The summed E-state index contributed by atoms with van der Waals surface area (Å²) in [4.78, 5) is 15.7. The fraction of sp³-hybridized carbons (Fsp3) is 0.650. The third kappa shape index (κ3) is 4.71. The van der Waals surface area contributed by atoms with Crippen molar-refractivity contribution in [3.8, 4) is 11.5 Å². The van der Waals surface area contributed by atoms with Gasteiger partial charge in [-0.15, -0.1) is 0 Å². The summed E-state index contributed by atoms with van der Waals surface area (Å²) in [5.41, 5.74) is 0.896. The lowest BCUT2D eigenvalue weighted by atomic mass is 9.79. The molecule has 0 aromatic heterocycles. The van der Waals surface area contributed by atoms with Crippen molar-refractivity contribution in [3.05, 3.63) is 23.8 Å². The molecule has 1 aromatic rings. The molecular weight excluding hydrogens is 373 g/mol. The highest BCUT2D eigenvalue weighted by atomic mass is 19.4. The molecule has 2 fully saturated rings. The molecule has 5 nitrogen and oxygen atoms in total. The number of nitrogens with zero attached hydrogens (tertiary/aromatic N) is 2. The Hall–Kier alpha value is -1.96. The number of alkyl halides is 3. The summed E-state index contributed by atoms with van der Waals surface area (Å²) in [6.45, 7) is 3.18. The van der Waals surface area contributed by atoms with Crippen LogP contribution in [0.2, 0.25) is 0 Å². The molecule has 0 N–H and O–H groups in total. The highest BCUT2D eigenvalue weighted by molar-refractivity contribution is 5.77. The van der Waals surface area contributed by atoms with Crippen molar-refractivity contribution >= 4 is 5.91 Å². The van der Waals surface area contributed by atoms with Crippen molar-refractivity contribution in [2.75, 3.05) is 40.4 Å². The zero-order valence-electron chi connectivity index (χ0n) is 16.3. The average molecular weight is 400 g/mol. The highest BCUT2D eigenvalue weighted by Crippen LogP contribution is 2.41. The Bertz CT molecular complexity index is 710. The van der Waals surface area contributed by atoms with Gasteiger partial charge in [0.05, 0.1) is 14.2 Å². The summed E-state index contributed by atoms with van der Waals surface area (Å²) < 4.78 is 48.5. The van der Waals surface area contributed by atoms with Gasteiger partial charge in [-0.2, -0.15) is 13.2 Å². The van der Waals surface area contributed by atoms with Crippen molar-refractivity contribution in [1.29, 1.82) is 0 Å². The zero-order valence-corrected chi connectivity index (χ0v) is 16.3. The molecule has 1 spiro atoms. The van der Waals surface area contributed by atoms with E-state index in [1.165, 1.54) is 4.90 Å². The molecule has 1 aromatic carbocycles. The normalized spacial score (nSPS) is 23.2. The Balaban J connectivity index is 1.66. The molecule has 2 aliphatic rings. The Kier molecular flexibility index (Phi) is 6.07. The third-order valence-electron chi connectivity index (χ3n) is 5.76. The highest BCUT2D eigenvalue weighted by Gasteiger charge is 2.44. The van der Waals surface area contributed by atoms with E-state index in [1.807, 2.05) is 18.2 Å². The molecule has 8 heteroatoms. The van der Waals surface area contributed by atoms with Crippen LogP contribution in [0.15, 0.2) is 18.2 Å². The summed E-state index contributed by atoms with van der Waals surface area (Å²) in [7, 11) is 3.21. The van der Waals surface area contributed by atoms with E-state index in [2.05, 4.69) is 4.90 Å². The smallest absolute Gasteiger partial charge is 0.397 e. The topological polar surface area (TPSA) is 42.0 Å². The van der Waals surface area contributed by atoms with Crippen LogP contribution in [0, 0.1) is 5.41 Å². The van der Waals surface area contributed by atoms with E-state index in [4.69, 9.17) is 9.47 Å². The van der Waals surface area contributed by atoms with E-state index in [-0.39, 0.29) is 5.41 Å². The minimum Gasteiger partial charge on any atom is -0.493 e. The third-order valence-corrected chi connectivity index (χ3v) is 5.76. The summed E-state index contributed by atoms with van der Waals surface area (Å²) in [6.07, 6.45) is -3.16. The molecule has 1 amide bonds. The van der Waals surface area contributed by atoms with Crippen LogP contribution in [-0.2, 0) is 11.3 Å². The fourth-order valence-corrected chi connectivity index (χ4v) is 4.53. The van der Waals surface area contributed by atoms with E-state index in [0.717, 1.165) is 37.9 Å². The maximum Gasteiger partial charge on any atom is 0.397 e. The number of carbonyl (C=O) groups is 1. The first-order valence-electron chi connectivity index (χ1n) is 9.52. The van der Waals surface area contributed by atoms with Crippen LogP contribution in [0.25, 0.3) is 0 Å². The van der Waals surface area contributed by atoms with Crippen LogP contribution < -0.4 is 9.47 Å². The molecule has 2 aliphatic heterocycles. The second kappa shape index (κ2) is 8.19. The van der Waals surface area contributed by atoms with Crippen LogP contribution in [-0.4, -0.2) is 62.3 Å². The maximum atomic E-state index is 12.6. The van der Waals surface area contributed by atoms with E-state index in [9.17, 15) is 18.0 Å². The summed E-state index contributed by atoms with van der Waals surface area (Å²) >= 11 is 0. The van der Waals surface area contributed by atoms with Gasteiger partial charge in [-0.05, 0) is 31.9 Å². The molecule has 2 heterocycles. The Morgan fingerprint density at radius 2 is 1.93 bits per heavy atom. The quantitative estimate of drug-likeness (QED) is 0.759. The van der Waals surface area contributed by atoms with Gasteiger partial charge < -0.3 is 14.4 Å². The van der Waals surface area contributed by atoms with Crippen LogP contribution in [0.4, 0.5) is 13.2 Å². The molecule has 0 unspecified atom stereocenters. The van der Waals surface area contributed by atoms with Gasteiger partial charge in [-0.3, -0.25) is 9.69 Å². The first kappa shape index (κ1) is 20.8. The van der Waals surface area contributed by atoms with Gasteiger partial charge in [0.1, 0.15) is 6.42 Å². The van der Waals surface area contributed by atoms with Crippen molar-refractivity contribution in [2.24, 2.45) is 5.41 Å². The molecule has 3 rings (SSSR count). The molecular formula is C20H27F3N2O3. The number of para-hydroxylation sites is 1.